The molecule has 5 rings (SSSR count). The van der Waals surface area contributed by atoms with Crippen molar-refractivity contribution in [2.24, 2.45) is 10.2 Å². The summed E-state index contributed by atoms with van der Waals surface area (Å²) in [5.41, 5.74) is 2.03. The standard InChI is InChI=1S/C26H22N4O2/c1-17(2)15-24(31)30-26(18(3)28-29(25(26)32)20-10-5-4-6-11-20)23-14-13-19-9-7-8-12-21(19)22(23)16-27-30/h4-16H,1-3H3. The molecular formula is C26H22N4O2. The maximum atomic E-state index is 14.1. The number of rotatable bonds is 2. The topological polar surface area (TPSA) is 65.3 Å². The van der Waals surface area contributed by atoms with Crippen LogP contribution >= 0.6 is 0 Å². The summed E-state index contributed by atoms with van der Waals surface area (Å²) in [6.07, 6.45) is 3.17. The highest BCUT2D eigenvalue weighted by Gasteiger charge is 2.59. The molecule has 3 aromatic rings. The molecule has 1 unspecified atom stereocenters. The van der Waals surface area contributed by atoms with Gasteiger partial charge in [0.15, 0.2) is 0 Å². The number of anilines is 1. The summed E-state index contributed by atoms with van der Waals surface area (Å²) >= 11 is 0. The Balaban J connectivity index is 1.79. The Labute approximate surface area is 186 Å². The molecular weight excluding hydrogens is 400 g/mol. The first kappa shape index (κ1) is 19.9. The van der Waals surface area contributed by atoms with Crippen molar-refractivity contribution in [3.63, 3.8) is 0 Å². The second-order valence-corrected chi connectivity index (χ2v) is 8.21. The summed E-state index contributed by atoms with van der Waals surface area (Å²) in [5.74, 6) is -0.692. The Morgan fingerprint density at radius 2 is 1.69 bits per heavy atom. The molecule has 0 aliphatic carbocycles. The van der Waals surface area contributed by atoms with Crippen molar-refractivity contribution in [3.8, 4) is 0 Å². The average Bonchev–Trinajstić information content (AvgIpc) is 3.05. The molecule has 0 fully saturated rings. The highest BCUT2D eigenvalue weighted by molar-refractivity contribution is 6.26. The molecule has 0 N–H and O–H groups in total. The Morgan fingerprint density at radius 1 is 0.969 bits per heavy atom. The summed E-state index contributed by atoms with van der Waals surface area (Å²) in [6.45, 7) is 5.46. The van der Waals surface area contributed by atoms with Crippen LogP contribution < -0.4 is 5.01 Å². The number of amides is 2. The van der Waals surface area contributed by atoms with E-state index in [0.29, 0.717) is 17.0 Å². The van der Waals surface area contributed by atoms with Crippen molar-refractivity contribution in [1.29, 1.82) is 0 Å². The van der Waals surface area contributed by atoms with Crippen LogP contribution in [0.5, 0.6) is 0 Å². The number of carbonyl (C=O) groups excluding carboxylic acids is 2. The monoisotopic (exact) mass is 422 g/mol. The van der Waals surface area contributed by atoms with Gasteiger partial charge in [-0.1, -0.05) is 60.2 Å². The van der Waals surface area contributed by atoms with Crippen LogP contribution in [0.4, 0.5) is 5.69 Å². The molecule has 158 valence electrons. The SMILES string of the molecule is CC(C)=CC(=O)N1N=Cc2c(ccc3ccccc23)C12C(=O)N(c1ccccc1)N=C2C. The third-order valence-corrected chi connectivity index (χ3v) is 5.88. The lowest BCUT2D eigenvalue weighted by Crippen LogP contribution is -2.58. The van der Waals surface area contributed by atoms with Crippen molar-refractivity contribution in [2.75, 3.05) is 5.01 Å². The maximum absolute atomic E-state index is 14.1. The predicted octanol–water partition coefficient (Wildman–Crippen LogP) is 4.60. The Bertz CT molecular complexity index is 1350. The van der Waals surface area contributed by atoms with Crippen LogP contribution in [-0.2, 0) is 15.1 Å². The predicted molar refractivity (Wildman–Crippen MR) is 127 cm³/mol. The largest absolute Gasteiger partial charge is 0.286 e. The number of hydrazone groups is 2. The van der Waals surface area contributed by atoms with Crippen molar-refractivity contribution in [3.05, 3.63) is 89.5 Å². The number of nitrogens with zero attached hydrogens (tertiary/aromatic N) is 4. The second-order valence-electron chi connectivity index (χ2n) is 8.21. The molecule has 1 atom stereocenters. The maximum Gasteiger partial charge on any atom is 0.286 e. The van der Waals surface area contributed by atoms with Gasteiger partial charge < -0.3 is 0 Å². The minimum atomic E-state index is -1.45. The number of benzene rings is 3. The van der Waals surface area contributed by atoms with Gasteiger partial charge in [0.2, 0.25) is 5.54 Å². The molecule has 0 radical (unpaired) electrons. The van der Waals surface area contributed by atoms with Crippen LogP contribution in [0.1, 0.15) is 31.9 Å². The van der Waals surface area contributed by atoms with Crippen molar-refractivity contribution < 1.29 is 9.59 Å². The van der Waals surface area contributed by atoms with Gasteiger partial charge in [0.25, 0.3) is 11.8 Å². The van der Waals surface area contributed by atoms with E-state index in [1.54, 1.807) is 13.1 Å². The Hall–Kier alpha value is -4.06. The lowest BCUT2D eigenvalue weighted by Gasteiger charge is -2.39. The Morgan fingerprint density at radius 3 is 2.44 bits per heavy atom. The van der Waals surface area contributed by atoms with Crippen molar-refractivity contribution in [2.45, 2.75) is 26.3 Å². The first-order valence-electron chi connectivity index (χ1n) is 10.4. The highest BCUT2D eigenvalue weighted by atomic mass is 16.2. The molecule has 2 amide bonds. The lowest BCUT2D eigenvalue weighted by molar-refractivity contribution is -0.139. The van der Waals surface area contributed by atoms with Crippen LogP contribution in [0.15, 0.2) is 88.6 Å². The minimum Gasteiger partial charge on any atom is -0.269 e. The summed E-state index contributed by atoms with van der Waals surface area (Å²) in [7, 11) is 0. The molecule has 2 heterocycles. The molecule has 2 aliphatic heterocycles. The van der Waals surface area contributed by atoms with Crippen molar-refractivity contribution >= 4 is 40.2 Å². The minimum absolute atomic E-state index is 0.329. The van der Waals surface area contributed by atoms with E-state index >= 15 is 0 Å². The molecule has 0 aromatic heterocycles. The molecule has 0 saturated heterocycles. The zero-order valence-electron chi connectivity index (χ0n) is 18.1. The van der Waals surface area contributed by atoms with E-state index in [1.807, 2.05) is 80.6 Å². The molecule has 2 aliphatic rings. The van der Waals surface area contributed by atoms with Gasteiger partial charge in [-0.25, -0.2) is 5.01 Å². The van der Waals surface area contributed by atoms with E-state index in [9.17, 15) is 9.59 Å². The van der Waals surface area contributed by atoms with Gasteiger partial charge in [-0.3, -0.25) is 9.59 Å². The highest BCUT2D eigenvalue weighted by Crippen LogP contribution is 2.44. The third-order valence-electron chi connectivity index (χ3n) is 5.88. The van der Waals surface area contributed by atoms with Gasteiger partial charge in [0.05, 0.1) is 17.6 Å². The first-order chi connectivity index (χ1) is 15.4. The van der Waals surface area contributed by atoms with E-state index in [4.69, 9.17) is 0 Å². The average molecular weight is 422 g/mol. The normalized spacial score (nSPS) is 19.3. The van der Waals surface area contributed by atoms with Gasteiger partial charge in [0, 0.05) is 17.2 Å². The van der Waals surface area contributed by atoms with Gasteiger partial charge >= 0.3 is 0 Å². The number of hydrogen-bond acceptors (Lipinski definition) is 4. The molecule has 1 spiro atoms. The number of para-hydroxylation sites is 1. The van der Waals surface area contributed by atoms with Gasteiger partial charge in [-0.05, 0) is 43.7 Å². The van der Waals surface area contributed by atoms with Crippen LogP contribution in [0, 0.1) is 0 Å². The van der Waals surface area contributed by atoms with E-state index in [1.165, 1.54) is 16.1 Å². The molecule has 32 heavy (non-hydrogen) atoms. The molecule has 0 bridgehead atoms. The second kappa shape index (κ2) is 7.27. The summed E-state index contributed by atoms with van der Waals surface area (Å²) in [4.78, 5) is 27.4. The summed E-state index contributed by atoms with van der Waals surface area (Å²) in [6, 6.07) is 21.1. The number of allylic oxidation sites excluding steroid dienone is 1. The quantitative estimate of drug-likeness (QED) is 0.567. The molecule has 6 heteroatoms. The van der Waals surface area contributed by atoms with Crippen LogP contribution in [0.3, 0.4) is 0 Å². The third kappa shape index (κ3) is 2.73. The number of hydrogen-bond donors (Lipinski definition) is 0. The van der Waals surface area contributed by atoms with Gasteiger partial charge in [-0.2, -0.15) is 15.2 Å². The van der Waals surface area contributed by atoms with Crippen molar-refractivity contribution in [1.82, 2.24) is 5.01 Å². The fraction of sp³-hybridized carbons (Fsp3) is 0.154. The Kier molecular flexibility index (Phi) is 4.51. The van der Waals surface area contributed by atoms with Gasteiger partial charge in [0.1, 0.15) is 0 Å². The van der Waals surface area contributed by atoms with Crippen LogP contribution in [-0.4, -0.2) is 28.7 Å². The van der Waals surface area contributed by atoms with E-state index in [2.05, 4.69) is 10.2 Å². The number of fused-ring (bicyclic) bond motifs is 4. The van der Waals surface area contributed by atoms with E-state index in [0.717, 1.165) is 21.9 Å². The van der Waals surface area contributed by atoms with Crippen LogP contribution in [0.25, 0.3) is 10.8 Å². The zero-order chi connectivity index (χ0) is 22.5. The van der Waals surface area contributed by atoms with Gasteiger partial charge in [-0.15, -0.1) is 0 Å². The van der Waals surface area contributed by atoms with Crippen LogP contribution in [0.2, 0.25) is 0 Å². The fourth-order valence-electron chi connectivity index (χ4n) is 4.47. The summed E-state index contributed by atoms with van der Waals surface area (Å²) in [5, 5.41) is 13.8. The lowest BCUT2D eigenvalue weighted by atomic mass is 9.79. The number of carbonyl (C=O) groups is 2. The first-order valence-corrected chi connectivity index (χ1v) is 10.4. The van der Waals surface area contributed by atoms with E-state index < -0.39 is 5.54 Å². The molecule has 6 nitrogen and oxygen atoms in total. The molecule has 3 aromatic carbocycles. The zero-order valence-corrected chi connectivity index (χ0v) is 18.1. The molecule has 0 saturated carbocycles. The smallest absolute Gasteiger partial charge is 0.269 e. The summed E-state index contributed by atoms with van der Waals surface area (Å²) < 4.78 is 0. The fourth-order valence-corrected chi connectivity index (χ4v) is 4.47. The van der Waals surface area contributed by atoms with E-state index in [-0.39, 0.29) is 11.8 Å².